The quantitative estimate of drug-likeness (QED) is 0.0320. The van der Waals surface area contributed by atoms with E-state index in [9.17, 15) is 91.3 Å². The van der Waals surface area contributed by atoms with E-state index in [1.54, 1.807) is 0 Å². The molecule has 7 saturated heterocycles. The number of hydrogen-bond acceptors (Lipinski definition) is 34. The van der Waals surface area contributed by atoms with Crippen molar-refractivity contribution in [3.05, 3.63) is 11.6 Å². The van der Waals surface area contributed by atoms with Gasteiger partial charge in [-0.2, -0.15) is 0 Å². The van der Waals surface area contributed by atoms with E-state index >= 15 is 0 Å². The van der Waals surface area contributed by atoms with Crippen LogP contribution in [0.25, 0.3) is 0 Å². The second-order valence-electron chi connectivity index (χ2n) is 31.9. The Morgan fingerprint density at radius 3 is 1.48 bits per heavy atom. The number of allylic oxidation sites excluding steroid dienone is 2. The zero-order chi connectivity index (χ0) is 75.1. The van der Waals surface area contributed by atoms with Gasteiger partial charge < -0.3 is 157 Å². The third-order valence-corrected chi connectivity index (χ3v) is 25.2. The second-order valence-corrected chi connectivity index (χ2v) is 31.9. The summed E-state index contributed by atoms with van der Waals surface area (Å²) >= 11 is 0. The number of methoxy groups -OCH3 is 2. The van der Waals surface area contributed by atoms with Crippen molar-refractivity contribution in [2.24, 2.45) is 45.3 Å². The smallest absolute Gasteiger partial charge is 0.313 e. The first kappa shape index (κ1) is 81.5. The molecule has 38 atom stereocenters. The minimum atomic E-state index is -2.19. The lowest BCUT2D eigenvalue weighted by atomic mass is 9.41. The van der Waals surface area contributed by atoms with Gasteiger partial charge >= 0.3 is 11.9 Å². The summed E-state index contributed by atoms with van der Waals surface area (Å²) in [4.78, 5) is 27.2. The fourth-order valence-corrected chi connectivity index (χ4v) is 19.8. The van der Waals surface area contributed by atoms with E-state index in [0.29, 0.717) is 44.9 Å². The number of aliphatic hydroxyl groups excluding tert-OH is 16. The van der Waals surface area contributed by atoms with Gasteiger partial charge in [0.05, 0.1) is 51.2 Å². The lowest BCUT2D eigenvalue weighted by Gasteiger charge is -2.64. The average Bonchev–Trinajstić information content (AvgIpc) is 1.52. The summed E-state index contributed by atoms with van der Waals surface area (Å²) in [6.07, 6.45) is -44.5. The molecule has 11 aliphatic rings. The second kappa shape index (κ2) is 32.1. The van der Waals surface area contributed by atoms with E-state index in [0.717, 1.165) is 20.0 Å². The van der Waals surface area contributed by atoms with Gasteiger partial charge in [0, 0.05) is 38.9 Å². The molecule has 10 fully saturated rings. The van der Waals surface area contributed by atoms with Crippen LogP contribution in [0.1, 0.15) is 113 Å². The summed E-state index contributed by atoms with van der Waals surface area (Å²) in [5.41, 5.74) is -1.99. The Balaban J connectivity index is 0.845. The van der Waals surface area contributed by atoms with Crippen molar-refractivity contribution in [1.82, 2.24) is 0 Å². The topological polar surface area (TPSA) is 506 Å². The molecule has 16 N–H and O–H groups in total. The largest absolute Gasteiger partial charge is 0.462 e. The summed E-state index contributed by atoms with van der Waals surface area (Å²) in [6, 6.07) is 0. The monoisotopic (exact) mass is 1480 g/mol. The van der Waals surface area contributed by atoms with Gasteiger partial charge in [0.25, 0.3) is 0 Å². The van der Waals surface area contributed by atoms with E-state index in [1.165, 1.54) is 19.6 Å². The maximum Gasteiger partial charge on any atom is 0.313 e. The van der Waals surface area contributed by atoms with Crippen molar-refractivity contribution in [2.45, 2.75) is 309 Å². The van der Waals surface area contributed by atoms with E-state index in [4.69, 9.17) is 75.8 Å². The van der Waals surface area contributed by atoms with Crippen LogP contribution in [0, 0.1) is 45.3 Å². The fraction of sp³-hybridized carbons (Fsp3) is 0.942. The SMILES string of the molecule is CO[C@@H]1[C@@H](O)[C@H](O[C@@H]2[C@@H](O)[C@H](O[C@H]3[C@H](O)[C@@H](O)[C@H](O[C@H]4[C@H](O[C@H]5CC[C@@]6(C)C(CC=C7[C@H]6CC[C@]68C(=O)O[C@@](C)(C[C@H](CC(C)C)OC(C)=O)[C@H]6CC[C@@]78C)C5(C)C)OC[C@@H](O[C@@H]5O[C@H](CO)[C@@H](O)[C@H](O[C@@H]6O[C@H](CO)[C@@H](O)[C@H](OC)[C@H]6O)[C@H]5O)[C@@H]4O)O[C@@H]3CO)O[C@H](CO)[C@H]2O)O[C@H](CO)[C@H]1O. The van der Waals surface area contributed by atoms with Crippen molar-refractivity contribution in [2.75, 3.05) is 53.9 Å². The van der Waals surface area contributed by atoms with Gasteiger partial charge in [-0.25, -0.2) is 0 Å². The maximum absolute atomic E-state index is 14.8. The summed E-state index contributed by atoms with van der Waals surface area (Å²) in [5.74, 6) is -0.491. The van der Waals surface area contributed by atoms with Crippen LogP contribution in [0.2, 0.25) is 0 Å². The minimum absolute atomic E-state index is 0.0542. The van der Waals surface area contributed by atoms with Crippen molar-refractivity contribution in [3.63, 3.8) is 0 Å². The van der Waals surface area contributed by atoms with Gasteiger partial charge in [-0.3, -0.25) is 9.59 Å². The predicted molar refractivity (Wildman–Crippen MR) is 343 cm³/mol. The van der Waals surface area contributed by atoms with Gasteiger partial charge in [-0.1, -0.05) is 53.2 Å². The number of esters is 2. The molecule has 1 unspecified atom stereocenters. The highest BCUT2D eigenvalue weighted by Gasteiger charge is 2.77. The zero-order valence-electron chi connectivity index (χ0n) is 59.9. The van der Waals surface area contributed by atoms with Crippen LogP contribution in [0.4, 0.5) is 0 Å². The van der Waals surface area contributed by atoms with Gasteiger partial charge in [-0.05, 0) is 86.9 Å². The first-order valence-corrected chi connectivity index (χ1v) is 36.2. The molecular weight excluding hydrogens is 1370 g/mol. The zero-order valence-corrected chi connectivity index (χ0v) is 59.9. The van der Waals surface area contributed by atoms with Crippen molar-refractivity contribution in [3.8, 4) is 0 Å². The third-order valence-electron chi connectivity index (χ3n) is 25.2. The van der Waals surface area contributed by atoms with Crippen LogP contribution >= 0.6 is 0 Å². The Morgan fingerprint density at radius 2 is 0.981 bits per heavy atom. The molecule has 34 nitrogen and oxygen atoms in total. The molecule has 7 aliphatic heterocycles. The lowest BCUT2D eigenvalue weighted by Crippen LogP contribution is -2.68. The number of rotatable bonds is 24. The Hall–Kier alpha value is -2.52. The summed E-state index contributed by atoms with van der Waals surface area (Å²) in [5, 5.41) is 179. The Labute approximate surface area is 597 Å². The molecule has 3 saturated carbocycles. The molecule has 0 aromatic carbocycles. The van der Waals surface area contributed by atoms with Crippen LogP contribution in [-0.2, 0) is 85.4 Å². The molecular formula is C69H112O34. The van der Waals surface area contributed by atoms with Crippen molar-refractivity contribution >= 4 is 11.9 Å². The van der Waals surface area contributed by atoms with Crippen LogP contribution in [-0.4, -0.2) is 343 Å². The molecule has 34 heteroatoms. The van der Waals surface area contributed by atoms with Crippen molar-refractivity contribution < 1.29 is 167 Å². The summed E-state index contributed by atoms with van der Waals surface area (Å²) in [7, 11) is 2.34. The number of fused-ring (bicyclic) bond motifs is 4. The number of hydrogen-bond donors (Lipinski definition) is 16. The molecule has 103 heavy (non-hydrogen) atoms. The fourth-order valence-electron chi connectivity index (χ4n) is 19.8. The summed E-state index contributed by atoms with van der Waals surface area (Å²) in [6.45, 7) is 11.3. The summed E-state index contributed by atoms with van der Waals surface area (Å²) < 4.78 is 95.9. The molecule has 0 aromatic rings. The molecule has 0 bridgehead atoms. The van der Waals surface area contributed by atoms with Crippen molar-refractivity contribution in [1.29, 1.82) is 0 Å². The normalized spacial score (nSPS) is 50.8. The van der Waals surface area contributed by atoms with E-state index < -0.39 is 252 Å². The molecule has 0 aromatic heterocycles. The molecule has 592 valence electrons. The molecule has 7 heterocycles. The third kappa shape index (κ3) is 14.6. The molecule has 11 rings (SSSR count). The van der Waals surface area contributed by atoms with Crippen LogP contribution in [0.3, 0.4) is 0 Å². The molecule has 1 spiro atoms. The minimum Gasteiger partial charge on any atom is -0.462 e. The van der Waals surface area contributed by atoms with E-state index in [2.05, 4.69) is 47.6 Å². The Morgan fingerprint density at radius 1 is 0.515 bits per heavy atom. The Kier molecular flexibility index (Phi) is 25.4. The number of aliphatic hydroxyl groups is 16. The number of ether oxygens (including phenoxy) is 16. The molecule has 0 radical (unpaired) electrons. The molecule has 4 aliphatic carbocycles. The highest BCUT2D eigenvalue weighted by atomic mass is 16.8. The average molecular weight is 1490 g/mol. The highest BCUT2D eigenvalue weighted by molar-refractivity contribution is 5.83. The predicted octanol–water partition coefficient (Wildman–Crippen LogP) is -4.49. The first-order valence-electron chi connectivity index (χ1n) is 36.2. The molecule has 0 amide bonds. The highest BCUT2D eigenvalue weighted by Crippen LogP contribution is 2.76. The van der Waals surface area contributed by atoms with Gasteiger partial charge in [0.1, 0.15) is 152 Å². The van der Waals surface area contributed by atoms with Gasteiger partial charge in [-0.15, -0.1) is 0 Å². The lowest BCUT2D eigenvalue weighted by molar-refractivity contribution is -0.399. The number of carbonyl (C=O) groups excluding carboxylic acids is 2. The van der Waals surface area contributed by atoms with E-state index in [-0.39, 0.29) is 41.0 Å². The van der Waals surface area contributed by atoms with Gasteiger partial charge in [0.2, 0.25) is 0 Å². The van der Waals surface area contributed by atoms with Crippen LogP contribution in [0.5, 0.6) is 0 Å². The van der Waals surface area contributed by atoms with E-state index in [1.807, 2.05) is 6.92 Å². The standard InChI is InChI=1S/C69H112O34/c1-27(2)19-29(91-28(3)75)20-68(8)39-14-17-67(7)31-11-12-38-65(4,5)40(15-16-66(38,6)30(31)13-18-69(39,67)64(87)103-68)98-63-57(45(80)37(26-90-63)97-59-50(85)55(43(78)34(23-72)92-59)100-60-48(83)53(88-9)41(76)32(21-70)93-60)102-58-47(82)46(81)52(36(25-74)96-58)99-62-51(86)56(44(79)35(24-73)95-62)101-61-49(84)54(89-10)42(77)33(22-71)94-61/h11,27,29-30,32-63,70-74,76-86H,12-26H2,1-10H3/t29-,30+,32+,33+,34+,35+,36+,37+,38?,39+,40-,41+,42+,43+,44+,45-,46+,47+,48+,49+,50+,51+,52+,53-,54-,55-,56-,57+,58-,59-,60-,61-,62-,63-,66+,67-,68-,69+/m0/s1. The van der Waals surface area contributed by atoms with Crippen LogP contribution < -0.4 is 0 Å². The maximum atomic E-state index is 14.8. The number of carbonyl (C=O) groups is 2. The van der Waals surface area contributed by atoms with Crippen LogP contribution in [0.15, 0.2) is 11.6 Å². The van der Waals surface area contributed by atoms with Gasteiger partial charge in [0.15, 0.2) is 37.7 Å². The first-order chi connectivity index (χ1) is 48.7. The Bertz CT molecular complexity index is 2880. The number of cyclic esters (lactones) is 1.